The average molecular weight is 448 g/mol. The fourth-order valence-electron chi connectivity index (χ4n) is 4.60. The van der Waals surface area contributed by atoms with Crippen molar-refractivity contribution >= 4 is 31.9 Å². The molecule has 0 aromatic heterocycles. The van der Waals surface area contributed by atoms with Gasteiger partial charge in [0.15, 0.2) is 0 Å². The maximum absolute atomic E-state index is 3.76. The molecule has 2 heteroatoms. The number of halogens is 2. The van der Waals surface area contributed by atoms with E-state index in [-0.39, 0.29) is 0 Å². The van der Waals surface area contributed by atoms with Gasteiger partial charge >= 0.3 is 0 Å². The van der Waals surface area contributed by atoms with Crippen LogP contribution in [0.3, 0.4) is 0 Å². The van der Waals surface area contributed by atoms with Crippen LogP contribution in [0.25, 0.3) is 11.1 Å². The van der Waals surface area contributed by atoms with Gasteiger partial charge in [0.25, 0.3) is 0 Å². The van der Waals surface area contributed by atoms with Gasteiger partial charge in [0.2, 0.25) is 0 Å². The molecule has 2 aliphatic rings. The van der Waals surface area contributed by atoms with Crippen LogP contribution in [0.4, 0.5) is 0 Å². The van der Waals surface area contributed by atoms with Gasteiger partial charge in [-0.05, 0) is 95.9 Å². The Balaban J connectivity index is 2.02. The molecule has 4 rings (SSSR count). The summed E-state index contributed by atoms with van der Waals surface area (Å²) < 4.78 is 0. The molecule has 0 saturated carbocycles. The SMILES string of the molecule is BrCc1ccc2c(c1-c1c(CBr)ccc3c1CCCC3)CCCC2. The monoisotopic (exact) mass is 446 g/mol. The Kier molecular flexibility index (Phi) is 5.15. The maximum atomic E-state index is 3.76. The van der Waals surface area contributed by atoms with Crippen LogP contribution < -0.4 is 0 Å². The van der Waals surface area contributed by atoms with Crippen molar-refractivity contribution in [3.05, 3.63) is 57.6 Å². The first-order chi connectivity index (χ1) is 11.8. The van der Waals surface area contributed by atoms with Crippen LogP contribution in [-0.4, -0.2) is 0 Å². The summed E-state index contributed by atoms with van der Waals surface area (Å²) in [5.74, 6) is 0. The zero-order valence-corrected chi connectivity index (χ0v) is 17.3. The molecule has 0 unspecified atom stereocenters. The van der Waals surface area contributed by atoms with Crippen LogP contribution in [-0.2, 0) is 36.3 Å². The van der Waals surface area contributed by atoms with Gasteiger partial charge in [-0.2, -0.15) is 0 Å². The molecule has 2 aromatic carbocycles. The molecule has 0 amide bonds. The zero-order chi connectivity index (χ0) is 16.5. The summed E-state index contributed by atoms with van der Waals surface area (Å²) in [4.78, 5) is 0. The van der Waals surface area contributed by atoms with Crippen LogP contribution in [0, 0.1) is 0 Å². The molecule has 0 bridgehead atoms. The van der Waals surface area contributed by atoms with Gasteiger partial charge in [0.05, 0.1) is 0 Å². The smallest absolute Gasteiger partial charge is 0.0289 e. The lowest BCUT2D eigenvalue weighted by molar-refractivity contribution is 0.680. The molecular weight excluding hydrogens is 424 g/mol. The zero-order valence-electron chi connectivity index (χ0n) is 14.1. The van der Waals surface area contributed by atoms with E-state index in [1.165, 1.54) is 62.5 Å². The second kappa shape index (κ2) is 7.33. The van der Waals surface area contributed by atoms with E-state index in [9.17, 15) is 0 Å². The highest BCUT2D eigenvalue weighted by Crippen LogP contribution is 2.42. The summed E-state index contributed by atoms with van der Waals surface area (Å²) in [6.07, 6.45) is 10.4. The number of rotatable bonds is 3. The molecule has 0 spiro atoms. The fourth-order valence-corrected chi connectivity index (χ4v) is 5.53. The maximum Gasteiger partial charge on any atom is 0.0289 e. The highest BCUT2D eigenvalue weighted by atomic mass is 79.9. The summed E-state index contributed by atoms with van der Waals surface area (Å²) in [6.45, 7) is 0. The number of aryl methyl sites for hydroxylation is 2. The van der Waals surface area contributed by atoms with Crippen molar-refractivity contribution in [1.82, 2.24) is 0 Å². The predicted molar refractivity (Wildman–Crippen MR) is 110 cm³/mol. The van der Waals surface area contributed by atoms with Crippen LogP contribution in [0.15, 0.2) is 24.3 Å². The number of fused-ring (bicyclic) bond motifs is 2. The largest absolute Gasteiger partial charge is 0.0876 e. The summed E-state index contributed by atoms with van der Waals surface area (Å²) in [6, 6.07) is 9.51. The summed E-state index contributed by atoms with van der Waals surface area (Å²) in [5, 5.41) is 1.89. The standard InChI is InChI=1S/C22H24Br2/c23-13-17-11-9-15-5-1-3-7-19(15)21(17)22-18(14-24)12-10-16-6-2-4-8-20(16)22/h9-12H,1-8,13-14H2. The van der Waals surface area contributed by atoms with E-state index in [2.05, 4.69) is 56.1 Å². The van der Waals surface area contributed by atoms with E-state index >= 15 is 0 Å². The predicted octanol–water partition coefficient (Wildman–Crippen LogP) is 6.90. The topological polar surface area (TPSA) is 0 Å². The minimum Gasteiger partial charge on any atom is -0.0876 e. The third kappa shape index (κ3) is 2.90. The quantitative estimate of drug-likeness (QED) is 0.448. The minimum absolute atomic E-state index is 0.945. The summed E-state index contributed by atoms with van der Waals surface area (Å²) in [5.41, 5.74) is 12.5. The second-order valence-corrected chi connectivity index (χ2v) is 8.28. The third-order valence-corrected chi connectivity index (χ3v) is 6.98. The van der Waals surface area contributed by atoms with Crippen molar-refractivity contribution in [2.75, 3.05) is 0 Å². The Morgan fingerprint density at radius 2 is 1.00 bits per heavy atom. The Morgan fingerprint density at radius 3 is 1.42 bits per heavy atom. The van der Waals surface area contributed by atoms with E-state index < -0.39 is 0 Å². The normalized spacial score (nSPS) is 16.6. The lowest BCUT2D eigenvalue weighted by atomic mass is 9.78. The van der Waals surface area contributed by atoms with Crippen LogP contribution >= 0.6 is 31.9 Å². The minimum atomic E-state index is 0.945. The Bertz CT molecular complexity index is 696. The van der Waals surface area contributed by atoms with Crippen molar-refractivity contribution < 1.29 is 0 Å². The molecule has 2 aliphatic carbocycles. The number of alkyl halides is 2. The first kappa shape index (κ1) is 16.8. The van der Waals surface area contributed by atoms with Gasteiger partial charge < -0.3 is 0 Å². The van der Waals surface area contributed by atoms with Gasteiger partial charge in [0, 0.05) is 10.7 Å². The molecule has 0 heterocycles. The van der Waals surface area contributed by atoms with Gasteiger partial charge in [-0.1, -0.05) is 56.1 Å². The lowest BCUT2D eigenvalue weighted by Gasteiger charge is -2.28. The molecule has 0 atom stereocenters. The van der Waals surface area contributed by atoms with E-state index in [0.29, 0.717) is 0 Å². The van der Waals surface area contributed by atoms with Gasteiger partial charge in [0.1, 0.15) is 0 Å². The van der Waals surface area contributed by atoms with E-state index in [1.54, 1.807) is 33.4 Å². The molecule has 0 radical (unpaired) electrons. The highest BCUT2D eigenvalue weighted by molar-refractivity contribution is 9.08. The van der Waals surface area contributed by atoms with Crippen molar-refractivity contribution in [1.29, 1.82) is 0 Å². The van der Waals surface area contributed by atoms with Crippen LogP contribution in [0.5, 0.6) is 0 Å². The number of hydrogen-bond donors (Lipinski definition) is 0. The second-order valence-electron chi connectivity index (χ2n) is 7.16. The Labute approximate surface area is 162 Å². The molecule has 0 nitrogen and oxygen atoms in total. The van der Waals surface area contributed by atoms with Crippen molar-refractivity contribution in [3.63, 3.8) is 0 Å². The van der Waals surface area contributed by atoms with Crippen molar-refractivity contribution in [2.24, 2.45) is 0 Å². The van der Waals surface area contributed by atoms with E-state index in [4.69, 9.17) is 0 Å². The molecular formula is C22H24Br2. The lowest BCUT2D eigenvalue weighted by Crippen LogP contribution is -2.11. The summed E-state index contributed by atoms with van der Waals surface area (Å²) >= 11 is 7.53. The van der Waals surface area contributed by atoms with Crippen LogP contribution in [0.1, 0.15) is 59.1 Å². The van der Waals surface area contributed by atoms with Crippen LogP contribution in [0.2, 0.25) is 0 Å². The average Bonchev–Trinajstić information content (AvgIpc) is 2.66. The molecule has 126 valence electrons. The molecule has 0 N–H and O–H groups in total. The molecule has 0 aliphatic heterocycles. The fraction of sp³-hybridized carbons (Fsp3) is 0.455. The third-order valence-electron chi connectivity index (χ3n) is 5.78. The van der Waals surface area contributed by atoms with Crippen molar-refractivity contribution in [3.8, 4) is 11.1 Å². The number of hydrogen-bond acceptors (Lipinski definition) is 0. The molecule has 0 saturated heterocycles. The molecule has 0 fully saturated rings. The first-order valence-electron chi connectivity index (χ1n) is 9.23. The van der Waals surface area contributed by atoms with Gasteiger partial charge in [-0.3, -0.25) is 0 Å². The highest BCUT2D eigenvalue weighted by Gasteiger charge is 2.23. The Morgan fingerprint density at radius 1 is 0.583 bits per heavy atom. The van der Waals surface area contributed by atoms with Gasteiger partial charge in [-0.25, -0.2) is 0 Å². The van der Waals surface area contributed by atoms with E-state index in [0.717, 1.165) is 10.7 Å². The first-order valence-corrected chi connectivity index (χ1v) is 11.5. The van der Waals surface area contributed by atoms with Crippen molar-refractivity contribution in [2.45, 2.75) is 62.0 Å². The molecule has 2 aromatic rings. The summed E-state index contributed by atoms with van der Waals surface area (Å²) in [7, 11) is 0. The molecule has 24 heavy (non-hydrogen) atoms. The Hall–Kier alpha value is -0.600. The van der Waals surface area contributed by atoms with Gasteiger partial charge in [-0.15, -0.1) is 0 Å². The number of benzene rings is 2. The van der Waals surface area contributed by atoms with E-state index in [1.807, 2.05) is 0 Å².